The van der Waals surface area contributed by atoms with Crippen molar-refractivity contribution in [2.75, 3.05) is 6.54 Å². The number of sulfonamides is 1. The van der Waals surface area contributed by atoms with Gasteiger partial charge in [-0.25, -0.2) is 8.42 Å². The number of rotatable bonds is 8. The van der Waals surface area contributed by atoms with Crippen molar-refractivity contribution in [3.05, 3.63) is 59.7 Å². The van der Waals surface area contributed by atoms with Crippen LogP contribution >= 0.6 is 0 Å². The largest absolute Gasteiger partial charge is 0.491 e. The first-order valence-electron chi connectivity index (χ1n) is 8.83. The highest BCUT2D eigenvalue weighted by atomic mass is 32.2. The molecule has 1 unspecified atom stereocenters. The molecule has 2 aromatic rings. The van der Waals surface area contributed by atoms with Crippen LogP contribution < -0.4 is 14.8 Å². The predicted octanol–water partition coefficient (Wildman–Crippen LogP) is 2.88. The summed E-state index contributed by atoms with van der Waals surface area (Å²) >= 11 is 0. The van der Waals surface area contributed by atoms with Crippen LogP contribution in [0.4, 0.5) is 0 Å². The van der Waals surface area contributed by atoms with Gasteiger partial charge in [-0.1, -0.05) is 24.1 Å². The number of carbonyl (C=O) groups is 1. The van der Waals surface area contributed by atoms with E-state index in [1.807, 2.05) is 45.0 Å². The molecule has 0 bridgehead atoms. The molecule has 0 aliphatic heterocycles. The smallest absolute Gasteiger partial charge is 0.251 e. The zero-order valence-electron chi connectivity index (χ0n) is 16.1. The average Bonchev–Trinajstić information content (AvgIpc) is 2.66. The molecule has 2 aromatic carbocycles. The maximum atomic E-state index is 12.6. The molecule has 2 N–H and O–H groups in total. The van der Waals surface area contributed by atoms with Crippen LogP contribution in [0.3, 0.4) is 0 Å². The number of carbonyl (C=O) groups excluding carboxylic acids is 1. The van der Waals surface area contributed by atoms with Gasteiger partial charge in [0.05, 0.1) is 23.6 Å². The van der Waals surface area contributed by atoms with Gasteiger partial charge in [0, 0.05) is 5.56 Å². The van der Waals surface area contributed by atoms with E-state index >= 15 is 0 Å². The monoisotopic (exact) mass is 400 g/mol. The van der Waals surface area contributed by atoms with Crippen molar-refractivity contribution < 1.29 is 17.9 Å². The molecule has 0 aliphatic rings. The number of hydrogen-bond donors (Lipinski definition) is 2. The van der Waals surface area contributed by atoms with Crippen molar-refractivity contribution in [3.8, 4) is 18.1 Å². The Morgan fingerprint density at radius 2 is 1.86 bits per heavy atom. The normalized spacial score (nSPS) is 12.2. The second-order valence-electron chi connectivity index (χ2n) is 6.49. The number of ether oxygens (including phenoxy) is 1. The Morgan fingerprint density at radius 3 is 2.54 bits per heavy atom. The van der Waals surface area contributed by atoms with E-state index in [9.17, 15) is 13.2 Å². The molecule has 0 radical (unpaired) electrons. The third kappa shape index (κ3) is 5.84. The number of nitrogens with one attached hydrogen (secondary N) is 2. The first kappa shape index (κ1) is 21.5. The van der Waals surface area contributed by atoms with Gasteiger partial charge in [0.15, 0.2) is 0 Å². The second kappa shape index (κ2) is 9.40. The lowest BCUT2D eigenvalue weighted by Crippen LogP contribution is -2.28. The Bertz CT molecular complexity index is 978. The minimum absolute atomic E-state index is 0.0182. The van der Waals surface area contributed by atoms with Crippen LogP contribution in [0.2, 0.25) is 0 Å². The number of terminal acetylenes is 1. The third-order valence-corrected chi connectivity index (χ3v) is 5.25. The van der Waals surface area contributed by atoms with E-state index in [2.05, 4.69) is 16.0 Å². The molecule has 0 saturated carbocycles. The van der Waals surface area contributed by atoms with Gasteiger partial charge in [-0.05, 0) is 56.7 Å². The van der Waals surface area contributed by atoms with Gasteiger partial charge in [0.2, 0.25) is 10.0 Å². The summed E-state index contributed by atoms with van der Waals surface area (Å²) < 4.78 is 32.3. The Labute approximate surface area is 166 Å². The van der Waals surface area contributed by atoms with E-state index in [0.29, 0.717) is 0 Å². The highest BCUT2D eigenvalue weighted by Gasteiger charge is 2.17. The first-order valence-corrected chi connectivity index (χ1v) is 10.3. The predicted molar refractivity (Wildman–Crippen MR) is 109 cm³/mol. The van der Waals surface area contributed by atoms with Gasteiger partial charge in [0.1, 0.15) is 5.75 Å². The van der Waals surface area contributed by atoms with Crippen molar-refractivity contribution in [1.82, 2.24) is 10.0 Å². The Kier molecular flexibility index (Phi) is 7.21. The van der Waals surface area contributed by atoms with Gasteiger partial charge in [-0.3, -0.25) is 4.79 Å². The van der Waals surface area contributed by atoms with Gasteiger partial charge in [-0.2, -0.15) is 4.72 Å². The maximum absolute atomic E-state index is 12.6. The van der Waals surface area contributed by atoms with Gasteiger partial charge < -0.3 is 10.1 Å². The molecule has 0 aromatic heterocycles. The Balaban J connectivity index is 2.15. The van der Waals surface area contributed by atoms with Crippen LogP contribution in [0, 0.1) is 12.3 Å². The zero-order chi connectivity index (χ0) is 20.7. The summed E-state index contributed by atoms with van der Waals surface area (Å²) in [4.78, 5) is 12.6. The van der Waals surface area contributed by atoms with E-state index in [4.69, 9.17) is 11.2 Å². The van der Waals surface area contributed by atoms with Crippen molar-refractivity contribution in [3.63, 3.8) is 0 Å². The quantitative estimate of drug-likeness (QED) is 0.668. The van der Waals surface area contributed by atoms with Crippen molar-refractivity contribution in [1.29, 1.82) is 0 Å². The molecular weight excluding hydrogens is 376 g/mol. The first-order chi connectivity index (χ1) is 13.2. The summed E-state index contributed by atoms with van der Waals surface area (Å²) in [5.74, 6) is 2.56. The molecule has 0 fully saturated rings. The van der Waals surface area contributed by atoms with Crippen molar-refractivity contribution in [2.45, 2.75) is 37.8 Å². The fraction of sp³-hybridized carbons (Fsp3) is 0.286. The lowest BCUT2D eigenvalue weighted by molar-refractivity contribution is 0.0939. The Hall–Kier alpha value is -2.82. The number of amides is 1. The lowest BCUT2D eigenvalue weighted by Gasteiger charge is -2.17. The van der Waals surface area contributed by atoms with E-state index in [0.717, 1.165) is 11.3 Å². The summed E-state index contributed by atoms with van der Waals surface area (Å²) in [6.45, 7) is 5.61. The Morgan fingerprint density at radius 1 is 1.14 bits per heavy atom. The fourth-order valence-corrected chi connectivity index (χ4v) is 3.50. The van der Waals surface area contributed by atoms with Crippen LogP contribution in [-0.4, -0.2) is 27.0 Å². The van der Waals surface area contributed by atoms with E-state index < -0.39 is 10.0 Å². The SMILES string of the molecule is C#CCNS(=O)(=O)c1cccc(C(=O)NC(C)c2cccc(OC(C)C)c2)c1. The molecule has 6 nitrogen and oxygen atoms in total. The van der Waals surface area contributed by atoms with Crippen LogP contribution in [0.5, 0.6) is 5.75 Å². The number of hydrogen-bond acceptors (Lipinski definition) is 4. The van der Waals surface area contributed by atoms with Crippen LogP contribution in [0.25, 0.3) is 0 Å². The molecule has 1 amide bonds. The molecule has 1 atom stereocenters. The highest BCUT2D eigenvalue weighted by molar-refractivity contribution is 7.89. The molecular formula is C21H24N2O4S. The lowest BCUT2D eigenvalue weighted by atomic mass is 10.1. The molecule has 2 rings (SSSR count). The van der Waals surface area contributed by atoms with Gasteiger partial charge in [0.25, 0.3) is 5.91 Å². The standard InChI is InChI=1S/C21H24N2O4S/c1-5-12-22-28(25,26)20-11-7-9-18(14-20)21(24)23-16(4)17-8-6-10-19(13-17)27-15(2)3/h1,6-11,13-16,22H,12H2,2-4H3,(H,23,24). The van der Waals surface area contributed by atoms with Crippen LogP contribution in [-0.2, 0) is 10.0 Å². The van der Waals surface area contributed by atoms with Crippen LogP contribution in [0.15, 0.2) is 53.4 Å². The highest BCUT2D eigenvalue weighted by Crippen LogP contribution is 2.21. The molecule has 0 heterocycles. The van der Waals surface area contributed by atoms with E-state index in [-0.39, 0.29) is 35.1 Å². The zero-order valence-corrected chi connectivity index (χ0v) is 16.9. The van der Waals surface area contributed by atoms with Crippen LogP contribution in [0.1, 0.15) is 42.7 Å². The molecule has 0 spiro atoms. The van der Waals surface area contributed by atoms with Crippen molar-refractivity contribution in [2.24, 2.45) is 0 Å². The topological polar surface area (TPSA) is 84.5 Å². The molecule has 28 heavy (non-hydrogen) atoms. The van der Waals surface area contributed by atoms with Gasteiger partial charge in [-0.15, -0.1) is 6.42 Å². The van der Waals surface area contributed by atoms with Gasteiger partial charge >= 0.3 is 0 Å². The molecule has 148 valence electrons. The summed E-state index contributed by atoms with van der Waals surface area (Å²) in [6, 6.07) is 13.0. The molecule has 0 saturated heterocycles. The van der Waals surface area contributed by atoms with E-state index in [1.165, 1.54) is 18.2 Å². The minimum atomic E-state index is -3.77. The van der Waals surface area contributed by atoms with E-state index in [1.54, 1.807) is 6.07 Å². The summed E-state index contributed by atoms with van der Waals surface area (Å²) in [6.07, 6.45) is 5.14. The molecule has 0 aliphatic carbocycles. The second-order valence-corrected chi connectivity index (χ2v) is 8.26. The molecule has 7 heteroatoms. The third-order valence-electron chi connectivity index (χ3n) is 3.85. The average molecular weight is 401 g/mol. The summed E-state index contributed by atoms with van der Waals surface area (Å²) in [5.41, 5.74) is 1.12. The summed E-state index contributed by atoms with van der Waals surface area (Å²) in [5, 5.41) is 2.87. The summed E-state index contributed by atoms with van der Waals surface area (Å²) in [7, 11) is -3.77. The number of benzene rings is 2. The van der Waals surface area contributed by atoms with Crippen molar-refractivity contribution >= 4 is 15.9 Å². The fourth-order valence-electron chi connectivity index (χ4n) is 2.52. The minimum Gasteiger partial charge on any atom is -0.491 e. The maximum Gasteiger partial charge on any atom is 0.251 e.